The van der Waals surface area contributed by atoms with Crippen molar-refractivity contribution in [2.75, 3.05) is 26.0 Å². The van der Waals surface area contributed by atoms with E-state index >= 15 is 0 Å². The number of benzene rings is 1. The third-order valence-corrected chi connectivity index (χ3v) is 2.69. The Kier molecular flexibility index (Phi) is 4.73. The molecule has 0 spiro atoms. The van der Waals surface area contributed by atoms with Crippen LogP contribution in [0.3, 0.4) is 0 Å². The van der Waals surface area contributed by atoms with Gasteiger partial charge in [0.25, 0.3) is 0 Å². The van der Waals surface area contributed by atoms with Crippen molar-refractivity contribution in [2.24, 2.45) is 0 Å². The highest BCUT2D eigenvalue weighted by molar-refractivity contribution is 9.10. The van der Waals surface area contributed by atoms with Gasteiger partial charge in [-0.2, -0.15) is 0 Å². The first-order valence-corrected chi connectivity index (χ1v) is 5.69. The lowest BCUT2D eigenvalue weighted by atomic mass is 10.3. The summed E-state index contributed by atoms with van der Waals surface area (Å²) in [6.45, 7) is 0.537. The third kappa shape index (κ3) is 3.81. The van der Waals surface area contributed by atoms with Crippen LogP contribution in [0.25, 0.3) is 0 Å². The van der Waals surface area contributed by atoms with Crippen molar-refractivity contribution >= 4 is 27.5 Å². The summed E-state index contributed by atoms with van der Waals surface area (Å²) < 4.78 is 13.3. The van der Waals surface area contributed by atoms with Gasteiger partial charge < -0.3 is 10.2 Å². The summed E-state index contributed by atoms with van der Waals surface area (Å²) in [5.41, 5.74) is 0.792. The van der Waals surface area contributed by atoms with E-state index < -0.39 is 0 Å². The van der Waals surface area contributed by atoms with Crippen LogP contribution in [-0.2, 0) is 4.79 Å². The summed E-state index contributed by atoms with van der Waals surface area (Å²) in [5, 5.41) is 3.05. The maximum absolute atomic E-state index is 12.9. The first-order valence-electron chi connectivity index (χ1n) is 4.90. The normalized spacial score (nSPS) is 10.0. The monoisotopic (exact) mass is 288 g/mol. The molecule has 0 unspecified atom stereocenters. The first-order chi connectivity index (χ1) is 7.50. The van der Waals surface area contributed by atoms with E-state index in [4.69, 9.17) is 0 Å². The van der Waals surface area contributed by atoms with Gasteiger partial charge >= 0.3 is 0 Å². The molecule has 0 radical (unpaired) electrons. The highest BCUT2D eigenvalue weighted by Gasteiger charge is 2.04. The molecule has 1 rings (SSSR count). The van der Waals surface area contributed by atoms with E-state index in [0.717, 1.165) is 5.69 Å². The molecular formula is C11H14BrFN2O. The van der Waals surface area contributed by atoms with Crippen LogP contribution >= 0.6 is 15.9 Å². The minimum Gasteiger partial charge on any atom is -0.384 e. The fourth-order valence-corrected chi connectivity index (χ4v) is 1.52. The molecule has 16 heavy (non-hydrogen) atoms. The lowest BCUT2D eigenvalue weighted by Crippen LogP contribution is -2.23. The third-order valence-electron chi connectivity index (χ3n) is 2.09. The highest BCUT2D eigenvalue weighted by Crippen LogP contribution is 2.19. The summed E-state index contributed by atoms with van der Waals surface area (Å²) in [7, 11) is 3.44. The number of carbonyl (C=O) groups is 1. The van der Waals surface area contributed by atoms with E-state index in [1.54, 1.807) is 31.1 Å². The van der Waals surface area contributed by atoms with E-state index in [1.165, 1.54) is 6.07 Å². The predicted molar refractivity (Wildman–Crippen MR) is 65.9 cm³/mol. The topological polar surface area (TPSA) is 32.3 Å². The summed E-state index contributed by atoms with van der Waals surface area (Å²) in [6, 6.07) is 4.66. The molecule has 0 aliphatic rings. The van der Waals surface area contributed by atoms with Gasteiger partial charge in [0.15, 0.2) is 0 Å². The number of nitrogens with zero attached hydrogens (tertiary/aromatic N) is 1. The Morgan fingerprint density at radius 2 is 2.19 bits per heavy atom. The summed E-state index contributed by atoms with van der Waals surface area (Å²) >= 11 is 3.10. The fourth-order valence-electron chi connectivity index (χ4n) is 1.14. The molecule has 1 aromatic carbocycles. The second-order valence-electron chi connectivity index (χ2n) is 3.59. The zero-order valence-electron chi connectivity index (χ0n) is 9.26. The van der Waals surface area contributed by atoms with E-state index in [9.17, 15) is 9.18 Å². The van der Waals surface area contributed by atoms with Crippen LogP contribution in [0.2, 0.25) is 0 Å². The standard InChI is InChI=1S/C11H14BrFN2O/c1-15(2)11(16)5-6-14-8-3-4-10(13)9(12)7-8/h3-4,7,14H,5-6H2,1-2H3. The predicted octanol–water partition coefficient (Wildman–Crippen LogP) is 2.48. The average Bonchev–Trinajstić information content (AvgIpc) is 2.23. The molecule has 0 heterocycles. The average molecular weight is 289 g/mol. The summed E-state index contributed by atoms with van der Waals surface area (Å²) in [4.78, 5) is 12.8. The summed E-state index contributed by atoms with van der Waals surface area (Å²) in [6.07, 6.45) is 0.419. The molecule has 0 aliphatic carbocycles. The zero-order valence-corrected chi connectivity index (χ0v) is 10.8. The number of carbonyl (C=O) groups excluding carboxylic acids is 1. The zero-order chi connectivity index (χ0) is 12.1. The molecule has 3 nitrogen and oxygen atoms in total. The Labute approximate surface area is 103 Å². The molecule has 0 bridgehead atoms. The lowest BCUT2D eigenvalue weighted by Gasteiger charge is -2.11. The second kappa shape index (κ2) is 5.84. The minimum atomic E-state index is -0.296. The van der Waals surface area contributed by atoms with Crippen molar-refractivity contribution in [1.29, 1.82) is 0 Å². The number of nitrogens with one attached hydrogen (secondary N) is 1. The number of hydrogen-bond donors (Lipinski definition) is 1. The van der Waals surface area contributed by atoms with Gasteiger partial charge in [0.2, 0.25) is 5.91 Å². The van der Waals surface area contributed by atoms with Gasteiger partial charge in [-0.3, -0.25) is 4.79 Å². The Bertz CT molecular complexity index is 382. The molecule has 0 saturated heterocycles. The molecule has 0 aliphatic heterocycles. The number of anilines is 1. The van der Waals surface area contributed by atoms with E-state index in [2.05, 4.69) is 21.2 Å². The molecule has 0 fully saturated rings. The largest absolute Gasteiger partial charge is 0.384 e. The molecule has 5 heteroatoms. The van der Waals surface area contributed by atoms with Crippen LogP contribution in [0.4, 0.5) is 10.1 Å². The molecule has 1 aromatic rings. The van der Waals surface area contributed by atoms with E-state index in [-0.39, 0.29) is 11.7 Å². The molecule has 0 saturated carbocycles. The van der Waals surface area contributed by atoms with Gasteiger partial charge in [0, 0.05) is 32.7 Å². The number of halogens is 2. The van der Waals surface area contributed by atoms with Crippen molar-refractivity contribution < 1.29 is 9.18 Å². The Balaban J connectivity index is 2.43. The number of amides is 1. The van der Waals surface area contributed by atoms with Crippen LogP contribution in [0.5, 0.6) is 0 Å². The van der Waals surface area contributed by atoms with Crippen LogP contribution in [0.15, 0.2) is 22.7 Å². The number of rotatable bonds is 4. The van der Waals surface area contributed by atoms with Gasteiger partial charge in [-0.15, -0.1) is 0 Å². The maximum atomic E-state index is 12.9. The van der Waals surface area contributed by atoms with Crippen LogP contribution in [0.1, 0.15) is 6.42 Å². The maximum Gasteiger partial charge on any atom is 0.223 e. The quantitative estimate of drug-likeness (QED) is 0.923. The van der Waals surface area contributed by atoms with E-state index in [0.29, 0.717) is 17.4 Å². The van der Waals surface area contributed by atoms with Gasteiger partial charge in [-0.25, -0.2) is 4.39 Å². The molecular weight excluding hydrogens is 275 g/mol. The first kappa shape index (κ1) is 13.0. The van der Waals surface area contributed by atoms with E-state index in [1.807, 2.05) is 0 Å². The summed E-state index contributed by atoms with van der Waals surface area (Å²) in [5.74, 6) is -0.233. The Morgan fingerprint density at radius 3 is 2.75 bits per heavy atom. The van der Waals surface area contributed by atoms with Crippen LogP contribution in [0, 0.1) is 5.82 Å². The van der Waals surface area contributed by atoms with Gasteiger partial charge in [0.05, 0.1) is 4.47 Å². The molecule has 1 N–H and O–H groups in total. The molecule has 1 amide bonds. The van der Waals surface area contributed by atoms with Crippen LogP contribution < -0.4 is 5.32 Å². The van der Waals surface area contributed by atoms with Gasteiger partial charge in [-0.05, 0) is 34.1 Å². The van der Waals surface area contributed by atoms with Crippen molar-refractivity contribution in [1.82, 2.24) is 4.90 Å². The lowest BCUT2D eigenvalue weighted by molar-refractivity contribution is -0.128. The van der Waals surface area contributed by atoms with Gasteiger partial charge in [0.1, 0.15) is 5.82 Å². The van der Waals surface area contributed by atoms with Crippen molar-refractivity contribution in [3.8, 4) is 0 Å². The smallest absolute Gasteiger partial charge is 0.223 e. The van der Waals surface area contributed by atoms with Crippen molar-refractivity contribution in [3.63, 3.8) is 0 Å². The Hall–Kier alpha value is -1.10. The van der Waals surface area contributed by atoms with Crippen LogP contribution in [-0.4, -0.2) is 31.4 Å². The highest BCUT2D eigenvalue weighted by atomic mass is 79.9. The second-order valence-corrected chi connectivity index (χ2v) is 4.45. The van der Waals surface area contributed by atoms with Crippen molar-refractivity contribution in [3.05, 3.63) is 28.5 Å². The number of hydrogen-bond acceptors (Lipinski definition) is 2. The molecule has 0 atom stereocenters. The minimum absolute atomic E-state index is 0.0636. The SMILES string of the molecule is CN(C)C(=O)CCNc1ccc(F)c(Br)c1. The fraction of sp³-hybridized carbons (Fsp3) is 0.364. The molecule has 0 aromatic heterocycles. The van der Waals surface area contributed by atoms with Gasteiger partial charge in [-0.1, -0.05) is 0 Å². The van der Waals surface area contributed by atoms with Crippen molar-refractivity contribution in [2.45, 2.75) is 6.42 Å². The Morgan fingerprint density at radius 1 is 1.50 bits per heavy atom. The molecule has 88 valence electrons.